The van der Waals surface area contributed by atoms with E-state index in [0.717, 1.165) is 5.92 Å². The van der Waals surface area contributed by atoms with Crippen LogP contribution in [0.5, 0.6) is 0 Å². The van der Waals surface area contributed by atoms with E-state index in [0.29, 0.717) is 12.0 Å². The van der Waals surface area contributed by atoms with Crippen LogP contribution in [0.2, 0.25) is 0 Å². The molecule has 2 nitrogen and oxygen atoms in total. The molecule has 1 aromatic rings. The summed E-state index contributed by atoms with van der Waals surface area (Å²) >= 11 is 0. The highest BCUT2D eigenvalue weighted by atomic mass is 15.2. The van der Waals surface area contributed by atoms with Gasteiger partial charge in [-0.3, -0.25) is 0 Å². The SMILES string of the molecule is CCCN1CC(NCC2CCCCC2)CC(c2ccccc2)C1. The van der Waals surface area contributed by atoms with Gasteiger partial charge in [0.1, 0.15) is 0 Å². The average Bonchev–Trinajstić information content (AvgIpc) is 2.62. The summed E-state index contributed by atoms with van der Waals surface area (Å²) in [5.41, 5.74) is 1.53. The molecule has 1 saturated carbocycles. The molecule has 2 unspecified atom stereocenters. The van der Waals surface area contributed by atoms with Crippen molar-refractivity contribution in [3.05, 3.63) is 35.9 Å². The quantitative estimate of drug-likeness (QED) is 0.836. The number of likely N-dealkylation sites (tertiary alicyclic amines) is 1. The minimum absolute atomic E-state index is 0.669. The molecule has 2 aliphatic rings. The maximum absolute atomic E-state index is 3.94. The zero-order valence-corrected chi connectivity index (χ0v) is 14.8. The summed E-state index contributed by atoms with van der Waals surface area (Å²) < 4.78 is 0. The average molecular weight is 315 g/mol. The van der Waals surface area contributed by atoms with E-state index < -0.39 is 0 Å². The first kappa shape index (κ1) is 17.0. The number of nitrogens with one attached hydrogen (secondary N) is 1. The predicted molar refractivity (Wildman–Crippen MR) is 98.9 cm³/mol. The molecule has 1 saturated heterocycles. The molecule has 1 aromatic carbocycles. The Balaban J connectivity index is 1.57. The molecule has 1 heterocycles. The Bertz CT molecular complexity index is 438. The first-order valence-electron chi connectivity index (χ1n) is 9.86. The van der Waals surface area contributed by atoms with Gasteiger partial charge in [0.2, 0.25) is 0 Å². The molecule has 0 aromatic heterocycles. The van der Waals surface area contributed by atoms with Crippen LogP contribution in [0.3, 0.4) is 0 Å². The van der Waals surface area contributed by atoms with Gasteiger partial charge in [-0.25, -0.2) is 0 Å². The first-order chi connectivity index (χ1) is 11.3. The molecule has 1 aliphatic heterocycles. The lowest BCUT2D eigenvalue weighted by atomic mass is 9.86. The second-order valence-corrected chi connectivity index (χ2v) is 7.71. The predicted octanol–water partition coefficient (Wildman–Crippen LogP) is 4.42. The van der Waals surface area contributed by atoms with Crippen LogP contribution in [0, 0.1) is 5.92 Å². The fourth-order valence-corrected chi connectivity index (χ4v) is 4.53. The van der Waals surface area contributed by atoms with Crippen LogP contribution in [-0.4, -0.2) is 37.1 Å². The number of nitrogens with zero attached hydrogens (tertiary/aromatic N) is 1. The van der Waals surface area contributed by atoms with Crippen LogP contribution in [0.15, 0.2) is 30.3 Å². The maximum atomic E-state index is 3.94. The van der Waals surface area contributed by atoms with Crippen LogP contribution in [-0.2, 0) is 0 Å². The van der Waals surface area contributed by atoms with E-state index in [1.807, 2.05) is 0 Å². The largest absolute Gasteiger partial charge is 0.312 e. The van der Waals surface area contributed by atoms with Crippen molar-refractivity contribution in [1.29, 1.82) is 0 Å². The van der Waals surface area contributed by atoms with Crippen molar-refractivity contribution < 1.29 is 0 Å². The molecule has 0 bridgehead atoms. The third-order valence-corrected chi connectivity index (χ3v) is 5.76. The van der Waals surface area contributed by atoms with Crippen LogP contribution in [0.4, 0.5) is 0 Å². The monoisotopic (exact) mass is 314 g/mol. The van der Waals surface area contributed by atoms with Gasteiger partial charge < -0.3 is 10.2 Å². The summed E-state index contributed by atoms with van der Waals surface area (Å²) in [6, 6.07) is 11.8. The zero-order valence-electron chi connectivity index (χ0n) is 14.8. The lowest BCUT2D eigenvalue weighted by Crippen LogP contribution is -2.49. The third kappa shape index (κ3) is 5.06. The van der Waals surface area contributed by atoms with Crippen molar-refractivity contribution in [2.45, 2.75) is 63.8 Å². The van der Waals surface area contributed by atoms with Gasteiger partial charge in [0.05, 0.1) is 0 Å². The summed E-state index contributed by atoms with van der Waals surface area (Å²) in [6.07, 6.45) is 9.81. The standard InChI is InChI=1S/C21H34N2/c1-2-13-23-16-20(19-11-7-4-8-12-19)14-21(17-23)22-15-18-9-5-3-6-10-18/h4,7-8,11-12,18,20-22H,2-3,5-6,9-10,13-17H2,1H3. The van der Waals surface area contributed by atoms with E-state index >= 15 is 0 Å². The molecule has 1 aliphatic carbocycles. The molecular formula is C21H34N2. The van der Waals surface area contributed by atoms with E-state index in [1.54, 1.807) is 0 Å². The van der Waals surface area contributed by atoms with E-state index in [2.05, 4.69) is 47.5 Å². The number of hydrogen-bond donors (Lipinski definition) is 1. The third-order valence-electron chi connectivity index (χ3n) is 5.76. The molecule has 0 spiro atoms. The van der Waals surface area contributed by atoms with E-state index in [1.165, 1.54) is 76.7 Å². The Morgan fingerprint density at radius 1 is 1.04 bits per heavy atom. The van der Waals surface area contributed by atoms with Gasteiger partial charge in [-0.1, -0.05) is 56.5 Å². The Morgan fingerprint density at radius 3 is 2.57 bits per heavy atom. The molecule has 3 rings (SSSR count). The number of benzene rings is 1. The van der Waals surface area contributed by atoms with Gasteiger partial charge in [0.25, 0.3) is 0 Å². The molecule has 23 heavy (non-hydrogen) atoms. The molecule has 128 valence electrons. The molecule has 0 amide bonds. The lowest BCUT2D eigenvalue weighted by molar-refractivity contribution is 0.166. The zero-order chi connectivity index (χ0) is 15.9. The van der Waals surface area contributed by atoms with E-state index in [-0.39, 0.29) is 0 Å². The Kier molecular flexibility index (Phi) is 6.53. The lowest BCUT2D eigenvalue weighted by Gasteiger charge is -2.39. The molecule has 1 N–H and O–H groups in total. The highest BCUT2D eigenvalue weighted by Crippen LogP contribution is 2.28. The van der Waals surface area contributed by atoms with Crippen molar-refractivity contribution in [2.75, 3.05) is 26.2 Å². The van der Waals surface area contributed by atoms with Gasteiger partial charge in [-0.2, -0.15) is 0 Å². The molecular weight excluding hydrogens is 280 g/mol. The summed E-state index contributed by atoms with van der Waals surface area (Å²) in [6.45, 7) is 7.26. The summed E-state index contributed by atoms with van der Waals surface area (Å²) in [5, 5.41) is 3.94. The molecule has 2 fully saturated rings. The maximum Gasteiger partial charge on any atom is 0.0201 e. The fourth-order valence-electron chi connectivity index (χ4n) is 4.53. The minimum atomic E-state index is 0.669. The smallest absolute Gasteiger partial charge is 0.0201 e. The van der Waals surface area contributed by atoms with E-state index in [4.69, 9.17) is 0 Å². The molecule has 2 heteroatoms. The second kappa shape index (κ2) is 8.84. The van der Waals surface area contributed by atoms with Gasteiger partial charge >= 0.3 is 0 Å². The van der Waals surface area contributed by atoms with Crippen molar-refractivity contribution in [3.8, 4) is 0 Å². The Morgan fingerprint density at radius 2 is 1.83 bits per heavy atom. The topological polar surface area (TPSA) is 15.3 Å². The summed E-state index contributed by atoms with van der Waals surface area (Å²) in [5.74, 6) is 1.63. The normalized spacial score (nSPS) is 27.2. The van der Waals surface area contributed by atoms with Gasteiger partial charge in [0.15, 0.2) is 0 Å². The number of rotatable bonds is 6. The second-order valence-electron chi connectivity index (χ2n) is 7.71. The number of piperidine rings is 1. The minimum Gasteiger partial charge on any atom is -0.312 e. The van der Waals surface area contributed by atoms with Crippen LogP contribution < -0.4 is 5.32 Å². The van der Waals surface area contributed by atoms with Crippen LogP contribution >= 0.6 is 0 Å². The highest BCUT2D eigenvalue weighted by Gasteiger charge is 2.28. The molecule has 2 atom stereocenters. The van der Waals surface area contributed by atoms with Gasteiger partial charge in [-0.15, -0.1) is 0 Å². The highest BCUT2D eigenvalue weighted by molar-refractivity contribution is 5.21. The van der Waals surface area contributed by atoms with Crippen LogP contribution in [0.25, 0.3) is 0 Å². The van der Waals surface area contributed by atoms with Crippen molar-refractivity contribution in [1.82, 2.24) is 10.2 Å². The Hall–Kier alpha value is -0.860. The van der Waals surface area contributed by atoms with Crippen molar-refractivity contribution >= 4 is 0 Å². The van der Waals surface area contributed by atoms with Crippen molar-refractivity contribution in [2.24, 2.45) is 5.92 Å². The summed E-state index contributed by atoms with van der Waals surface area (Å²) in [7, 11) is 0. The van der Waals surface area contributed by atoms with Gasteiger partial charge in [0, 0.05) is 19.1 Å². The fraction of sp³-hybridized carbons (Fsp3) is 0.714. The number of hydrogen-bond acceptors (Lipinski definition) is 2. The summed E-state index contributed by atoms with van der Waals surface area (Å²) in [4.78, 5) is 2.68. The van der Waals surface area contributed by atoms with Crippen molar-refractivity contribution in [3.63, 3.8) is 0 Å². The molecule has 0 radical (unpaired) electrons. The Labute approximate surface area is 142 Å². The van der Waals surface area contributed by atoms with E-state index in [9.17, 15) is 0 Å². The first-order valence-corrected chi connectivity index (χ1v) is 9.86. The van der Waals surface area contributed by atoms with Gasteiger partial charge in [-0.05, 0) is 56.2 Å². The van der Waals surface area contributed by atoms with Crippen LogP contribution in [0.1, 0.15) is 63.4 Å².